The molecule has 1 saturated heterocycles. The van der Waals surface area contributed by atoms with Crippen LogP contribution in [-0.4, -0.2) is 44.2 Å². The minimum Gasteiger partial charge on any atom is -0.394 e. The molecule has 0 aliphatic carbocycles. The predicted molar refractivity (Wildman–Crippen MR) is 65.6 cm³/mol. The number of aliphatic hydroxyl groups excluding tert-OH is 1. The number of rotatable bonds is 2. The Labute approximate surface area is 115 Å². The second-order valence-electron chi connectivity index (χ2n) is 4.14. The van der Waals surface area contributed by atoms with E-state index in [1.54, 1.807) is 0 Å². The number of hydrogen-bond acceptors (Lipinski definition) is 5. The van der Waals surface area contributed by atoms with Crippen molar-refractivity contribution in [1.82, 2.24) is 9.55 Å². The number of aromatic nitrogens is 2. The van der Waals surface area contributed by atoms with Gasteiger partial charge >= 0.3 is 5.69 Å². The molecule has 0 radical (unpaired) electrons. The van der Waals surface area contributed by atoms with Crippen molar-refractivity contribution in [3.63, 3.8) is 0 Å². The summed E-state index contributed by atoms with van der Waals surface area (Å²) in [6.45, 7) is -1.78. The minimum atomic E-state index is -3.06. The van der Waals surface area contributed by atoms with Gasteiger partial charge in [-0.2, -0.15) is 0 Å². The first kappa shape index (κ1) is 11.8. The topological polar surface area (TPSA) is 105 Å². The largest absolute Gasteiger partial charge is 0.394 e. The first-order valence-corrected chi connectivity index (χ1v) is 5.61. The zero-order valence-corrected chi connectivity index (χ0v) is 10.3. The van der Waals surface area contributed by atoms with Gasteiger partial charge in [0.15, 0.2) is 6.23 Å². The molecule has 0 spiro atoms. The molecule has 2 rings (SSSR count). The Kier molecular flexibility index (Phi) is 3.08. The average molecular weight is 286 g/mol. The highest BCUT2D eigenvalue weighted by molar-refractivity contribution is 5.22. The van der Waals surface area contributed by atoms with Gasteiger partial charge in [-0.1, -0.05) is 5.92 Å². The quantitative estimate of drug-likeness (QED) is 0.575. The first-order chi connectivity index (χ1) is 10.1. The lowest BCUT2D eigenvalue weighted by Gasteiger charge is -2.23. The third-order valence-electron chi connectivity index (χ3n) is 2.90. The molecule has 7 nitrogen and oxygen atoms in total. The number of ether oxygens (including phenoxy) is 1. The number of alkyl halides is 1. The fourth-order valence-corrected chi connectivity index (χ4v) is 1.99. The Morgan fingerprint density at radius 3 is 2.95 bits per heavy atom. The van der Waals surface area contributed by atoms with Gasteiger partial charge in [-0.05, 0) is 6.92 Å². The van der Waals surface area contributed by atoms with Crippen LogP contribution in [0.3, 0.4) is 0 Å². The van der Waals surface area contributed by atoms with Gasteiger partial charge in [0.25, 0.3) is 5.56 Å². The van der Waals surface area contributed by atoms with Crippen LogP contribution in [0, 0.1) is 11.8 Å². The van der Waals surface area contributed by atoms with Crippen LogP contribution >= 0.6 is 0 Å². The molecule has 1 fully saturated rings. The molecule has 2 heterocycles. The van der Waals surface area contributed by atoms with Gasteiger partial charge in [-0.3, -0.25) is 14.3 Å². The van der Waals surface area contributed by atoms with E-state index in [1.165, 1.54) is 6.92 Å². The molecule has 20 heavy (non-hydrogen) atoms. The number of hydrogen-bond donors (Lipinski definition) is 3. The summed E-state index contributed by atoms with van der Waals surface area (Å²) in [5.74, 6) is 4.27. The third kappa shape index (κ3) is 2.16. The minimum absolute atomic E-state index is 0.626. The molecule has 1 unspecified atom stereocenters. The lowest BCUT2D eigenvalue weighted by Crippen LogP contribution is -2.45. The first-order valence-electron chi connectivity index (χ1n) is 6.61. The van der Waals surface area contributed by atoms with E-state index in [-0.39, 0.29) is 0 Å². The summed E-state index contributed by atoms with van der Waals surface area (Å²) in [5, 5.41) is 19.3. The van der Waals surface area contributed by atoms with Gasteiger partial charge in [0.1, 0.15) is 12.2 Å². The number of nitrogens with zero attached hydrogens (tertiary/aromatic N) is 1. The van der Waals surface area contributed by atoms with Gasteiger partial charge in [0.2, 0.25) is 5.67 Å². The molecule has 0 amide bonds. The molecular weight excluding hydrogens is 271 g/mol. The number of nitrogens with one attached hydrogen (secondary N) is 1. The monoisotopic (exact) mass is 286 g/mol. The molecule has 108 valence electrons. The molecule has 4 atom stereocenters. The van der Waals surface area contributed by atoms with Gasteiger partial charge < -0.3 is 14.9 Å². The highest BCUT2D eigenvalue weighted by Gasteiger charge is 2.57. The molecule has 1 aliphatic heterocycles. The summed E-state index contributed by atoms with van der Waals surface area (Å²) in [4.78, 5) is 24.7. The Balaban J connectivity index is 2.59. The second-order valence-corrected chi connectivity index (χ2v) is 4.14. The lowest BCUT2D eigenvalue weighted by atomic mass is 9.96. The van der Waals surface area contributed by atoms with Crippen molar-refractivity contribution in [1.29, 1.82) is 0 Å². The van der Waals surface area contributed by atoms with E-state index in [0.717, 1.165) is 12.3 Å². The van der Waals surface area contributed by atoms with Crippen LogP contribution in [0.5, 0.6) is 0 Å². The summed E-state index contributed by atoms with van der Waals surface area (Å²) < 4.78 is 35.0. The Hall–Kier alpha value is -1.95. The summed E-state index contributed by atoms with van der Waals surface area (Å²) in [5.41, 5.74) is -4.60. The van der Waals surface area contributed by atoms with Crippen molar-refractivity contribution < 1.29 is 22.1 Å². The van der Waals surface area contributed by atoms with Crippen molar-refractivity contribution in [3.05, 3.63) is 33.1 Å². The van der Waals surface area contributed by atoms with E-state index in [9.17, 15) is 19.8 Å². The van der Waals surface area contributed by atoms with Crippen molar-refractivity contribution in [3.8, 4) is 11.8 Å². The van der Waals surface area contributed by atoms with E-state index in [2.05, 4.69) is 5.92 Å². The maximum atomic E-state index is 15.0. The zero-order valence-electron chi connectivity index (χ0n) is 12.3. The number of aromatic amines is 1. The van der Waals surface area contributed by atoms with Crippen LogP contribution in [0.2, 0.25) is 0 Å². The van der Waals surface area contributed by atoms with Crippen molar-refractivity contribution in [2.45, 2.75) is 31.0 Å². The fraction of sp³-hybridized carbons (Fsp3) is 0.500. The van der Waals surface area contributed by atoms with Crippen LogP contribution in [0.25, 0.3) is 0 Å². The lowest BCUT2D eigenvalue weighted by molar-refractivity contribution is -0.0543. The summed E-state index contributed by atoms with van der Waals surface area (Å²) >= 11 is 0. The highest BCUT2D eigenvalue weighted by atomic mass is 19.1. The maximum Gasteiger partial charge on any atom is 0.330 e. The molecule has 3 N–H and O–H groups in total. The molecule has 1 aromatic heterocycles. The third-order valence-corrected chi connectivity index (χ3v) is 2.90. The smallest absolute Gasteiger partial charge is 0.330 e. The highest BCUT2D eigenvalue weighted by Crippen LogP contribution is 2.40. The van der Waals surface area contributed by atoms with Crippen LogP contribution < -0.4 is 11.2 Å². The van der Waals surface area contributed by atoms with Crippen molar-refractivity contribution in [2.75, 3.05) is 6.56 Å². The summed E-state index contributed by atoms with van der Waals surface area (Å²) in [6.07, 6.45) is -5.03. The average Bonchev–Trinajstić information content (AvgIpc) is 2.63. The van der Waals surface area contributed by atoms with E-state index in [4.69, 9.17) is 7.48 Å². The number of aliphatic hydroxyl groups is 2. The van der Waals surface area contributed by atoms with Crippen molar-refractivity contribution in [2.24, 2.45) is 0 Å². The number of halogens is 1. The zero-order chi connectivity index (χ0) is 16.7. The van der Waals surface area contributed by atoms with Crippen LogP contribution in [0.4, 0.5) is 4.39 Å². The summed E-state index contributed by atoms with van der Waals surface area (Å²) in [6, 6.07) is 0.928. The number of H-pyrrole nitrogens is 1. The van der Waals surface area contributed by atoms with Crippen LogP contribution in [0.1, 0.15) is 15.9 Å². The predicted octanol–water partition coefficient (Wildman–Crippen LogP) is -1.48. The molecule has 0 aromatic carbocycles. The van der Waals surface area contributed by atoms with E-state index in [0.29, 0.717) is 4.57 Å². The van der Waals surface area contributed by atoms with Gasteiger partial charge in [-0.25, -0.2) is 9.18 Å². The van der Waals surface area contributed by atoms with E-state index >= 15 is 4.39 Å². The maximum absolute atomic E-state index is 15.0. The molecule has 0 bridgehead atoms. The van der Waals surface area contributed by atoms with Crippen molar-refractivity contribution >= 4 is 0 Å². The Morgan fingerprint density at radius 2 is 2.40 bits per heavy atom. The molecule has 8 heteroatoms. The molecule has 0 saturated carbocycles. The van der Waals surface area contributed by atoms with Crippen LogP contribution in [-0.2, 0) is 4.74 Å². The second kappa shape index (κ2) is 5.20. The van der Waals surface area contributed by atoms with Gasteiger partial charge in [0.05, 0.1) is 9.30 Å². The van der Waals surface area contributed by atoms with Gasteiger partial charge in [0, 0.05) is 12.3 Å². The van der Waals surface area contributed by atoms with E-state index in [1.807, 2.05) is 10.9 Å². The normalized spacial score (nSPS) is 34.9. The molecule has 1 aromatic rings. The summed E-state index contributed by atoms with van der Waals surface area (Å²) in [7, 11) is 0. The van der Waals surface area contributed by atoms with E-state index < -0.39 is 41.9 Å². The van der Waals surface area contributed by atoms with Crippen LogP contribution in [0.15, 0.2) is 21.9 Å². The fourth-order valence-electron chi connectivity index (χ4n) is 1.99. The Morgan fingerprint density at radius 1 is 1.70 bits per heavy atom. The van der Waals surface area contributed by atoms with Gasteiger partial charge in [-0.15, -0.1) is 5.92 Å². The molecular formula is C12H13FN2O5. The molecule has 1 aliphatic rings. The standard InChI is InChI=1S/C12H13FN2O5/c1-2-4-12(13)9(18)7(6-16)20-10(12)15-5-3-8(17)14-11(15)19/h3,5,7,9-10,16,18H,6H2,1H3,(H,14,17,19)/t7-,9+,10-,12?/m1/s1/i6D2. The SMILES string of the molecule is [2H]C([2H])(O)[C@H]1O[C@@H](n2ccc(=O)[nH]c2=O)C(F)(C#CC)[C@H]1O. The Bertz CT molecular complexity index is 747.